The van der Waals surface area contributed by atoms with Crippen LogP contribution in [-0.4, -0.2) is 17.7 Å². The predicted molar refractivity (Wildman–Crippen MR) is 81.3 cm³/mol. The van der Waals surface area contributed by atoms with Crippen LogP contribution in [-0.2, 0) is 17.9 Å². The summed E-state index contributed by atoms with van der Waals surface area (Å²) in [5.41, 5.74) is 3.64. The van der Waals surface area contributed by atoms with Crippen LogP contribution in [0.5, 0.6) is 5.75 Å². The molecular weight excluding hydrogens is 266 g/mol. The lowest BCUT2D eigenvalue weighted by Gasteiger charge is -2.07. The molecule has 4 heteroatoms. The van der Waals surface area contributed by atoms with E-state index in [0.717, 1.165) is 18.7 Å². The number of aliphatic carboxylic acids is 1. The van der Waals surface area contributed by atoms with E-state index in [0.29, 0.717) is 5.75 Å². The molecule has 0 saturated carbocycles. The number of benzene rings is 2. The van der Waals surface area contributed by atoms with Crippen LogP contribution in [0.4, 0.5) is 0 Å². The van der Waals surface area contributed by atoms with E-state index in [9.17, 15) is 4.79 Å². The van der Waals surface area contributed by atoms with Gasteiger partial charge in [-0.05, 0) is 30.2 Å². The number of hydrogen-bond acceptors (Lipinski definition) is 3. The lowest BCUT2D eigenvalue weighted by molar-refractivity contribution is -0.139. The third-order valence-corrected chi connectivity index (χ3v) is 3.06. The topological polar surface area (TPSA) is 58.6 Å². The predicted octanol–water partition coefficient (Wildman–Crippen LogP) is 2.75. The molecule has 2 aromatic carbocycles. The Balaban J connectivity index is 1.78. The van der Waals surface area contributed by atoms with Gasteiger partial charge in [0.2, 0.25) is 0 Å². The summed E-state index contributed by atoms with van der Waals surface area (Å²) in [5, 5.41) is 11.9. The van der Waals surface area contributed by atoms with E-state index in [4.69, 9.17) is 9.84 Å². The highest BCUT2D eigenvalue weighted by atomic mass is 16.5. The zero-order valence-corrected chi connectivity index (χ0v) is 12.0. The first-order chi connectivity index (χ1) is 10.1. The summed E-state index contributed by atoms with van der Waals surface area (Å²) in [6.07, 6.45) is 0. The molecule has 110 valence electrons. The van der Waals surface area contributed by atoms with Gasteiger partial charge < -0.3 is 15.2 Å². The van der Waals surface area contributed by atoms with Crippen LogP contribution in [0.2, 0.25) is 0 Å². The number of hydrogen-bond donors (Lipinski definition) is 2. The average molecular weight is 285 g/mol. The van der Waals surface area contributed by atoms with Crippen molar-refractivity contribution in [1.29, 1.82) is 0 Å². The van der Waals surface area contributed by atoms with Crippen LogP contribution >= 0.6 is 0 Å². The molecule has 0 bridgehead atoms. The second kappa shape index (κ2) is 7.45. The molecule has 2 rings (SSSR count). The number of aryl methyl sites for hydroxylation is 1. The van der Waals surface area contributed by atoms with E-state index < -0.39 is 5.97 Å². The summed E-state index contributed by atoms with van der Waals surface area (Å²) in [6, 6.07) is 15.9. The summed E-state index contributed by atoms with van der Waals surface area (Å²) in [4.78, 5) is 10.4. The van der Waals surface area contributed by atoms with Crippen molar-refractivity contribution in [2.24, 2.45) is 0 Å². The SMILES string of the molecule is Cc1ccc(CNCc2ccc(OCC(=O)O)cc2)cc1. The zero-order valence-electron chi connectivity index (χ0n) is 12.0. The number of nitrogens with one attached hydrogen (secondary N) is 1. The molecule has 0 heterocycles. The first-order valence-electron chi connectivity index (χ1n) is 6.83. The van der Waals surface area contributed by atoms with E-state index in [1.165, 1.54) is 11.1 Å². The van der Waals surface area contributed by atoms with Crippen LogP contribution in [0.15, 0.2) is 48.5 Å². The highest BCUT2D eigenvalue weighted by Gasteiger charge is 1.99. The van der Waals surface area contributed by atoms with E-state index >= 15 is 0 Å². The molecule has 0 spiro atoms. The smallest absolute Gasteiger partial charge is 0.341 e. The molecule has 0 atom stereocenters. The Morgan fingerprint density at radius 3 is 2.05 bits per heavy atom. The Hall–Kier alpha value is -2.33. The summed E-state index contributed by atoms with van der Waals surface area (Å²) < 4.78 is 5.09. The average Bonchev–Trinajstić information content (AvgIpc) is 2.48. The lowest BCUT2D eigenvalue weighted by Crippen LogP contribution is -2.12. The molecule has 21 heavy (non-hydrogen) atoms. The second-order valence-corrected chi connectivity index (χ2v) is 4.92. The van der Waals surface area contributed by atoms with Gasteiger partial charge in [-0.2, -0.15) is 0 Å². The summed E-state index contributed by atoms with van der Waals surface area (Å²) >= 11 is 0. The molecule has 0 saturated heterocycles. The fourth-order valence-electron chi connectivity index (χ4n) is 1.91. The fourth-order valence-corrected chi connectivity index (χ4v) is 1.91. The van der Waals surface area contributed by atoms with Gasteiger partial charge in [0.15, 0.2) is 6.61 Å². The Labute approximate surface area is 124 Å². The maximum atomic E-state index is 10.4. The van der Waals surface area contributed by atoms with Crippen LogP contribution in [0.1, 0.15) is 16.7 Å². The van der Waals surface area contributed by atoms with Crippen molar-refractivity contribution in [3.63, 3.8) is 0 Å². The molecule has 0 radical (unpaired) electrons. The van der Waals surface area contributed by atoms with Gasteiger partial charge in [0.05, 0.1) is 0 Å². The Morgan fingerprint density at radius 1 is 1.00 bits per heavy atom. The van der Waals surface area contributed by atoms with Gasteiger partial charge in [0.1, 0.15) is 5.75 Å². The van der Waals surface area contributed by atoms with E-state index in [-0.39, 0.29) is 6.61 Å². The normalized spacial score (nSPS) is 10.3. The van der Waals surface area contributed by atoms with Gasteiger partial charge in [-0.1, -0.05) is 42.0 Å². The molecule has 2 aromatic rings. The van der Waals surface area contributed by atoms with Crippen molar-refractivity contribution >= 4 is 5.97 Å². The Morgan fingerprint density at radius 2 is 1.52 bits per heavy atom. The minimum absolute atomic E-state index is 0.314. The van der Waals surface area contributed by atoms with Gasteiger partial charge in [-0.3, -0.25) is 0 Å². The quantitative estimate of drug-likeness (QED) is 0.821. The van der Waals surface area contributed by atoms with Crippen LogP contribution in [0.25, 0.3) is 0 Å². The number of rotatable bonds is 7. The van der Waals surface area contributed by atoms with Crippen molar-refractivity contribution in [1.82, 2.24) is 5.32 Å². The first-order valence-corrected chi connectivity index (χ1v) is 6.83. The summed E-state index contributed by atoms with van der Waals surface area (Å²) in [6.45, 7) is 3.33. The van der Waals surface area contributed by atoms with Crippen molar-refractivity contribution in [3.8, 4) is 5.75 Å². The molecular formula is C17H19NO3. The monoisotopic (exact) mass is 285 g/mol. The lowest BCUT2D eigenvalue weighted by atomic mass is 10.1. The maximum Gasteiger partial charge on any atom is 0.341 e. The van der Waals surface area contributed by atoms with Crippen LogP contribution < -0.4 is 10.1 Å². The van der Waals surface area contributed by atoms with Gasteiger partial charge in [-0.25, -0.2) is 4.79 Å². The standard InChI is InChI=1S/C17H19NO3/c1-13-2-4-14(5-3-13)10-18-11-15-6-8-16(9-7-15)21-12-17(19)20/h2-9,18H,10-12H2,1H3,(H,19,20). The molecule has 0 aliphatic rings. The van der Waals surface area contributed by atoms with Crippen molar-refractivity contribution in [2.45, 2.75) is 20.0 Å². The molecule has 4 nitrogen and oxygen atoms in total. The van der Waals surface area contributed by atoms with Crippen LogP contribution in [0.3, 0.4) is 0 Å². The minimum Gasteiger partial charge on any atom is -0.482 e. The maximum absolute atomic E-state index is 10.4. The van der Waals surface area contributed by atoms with Crippen molar-refractivity contribution in [2.75, 3.05) is 6.61 Å². The van der Waals surface area contributed by atoms with Crippen molar-refractivity contribution in [3.05, 3.63) is 65.2 Å². The third kappa shape index (κ3) is 5.28. The van der Waals surface area contributed by atoms with Crippen LogP contribution in [0, 0.1) is 6.92 Å². The number of carboxylic acid groups (broad SMARTS) is 1. The third-order valence-electron chi connectivity index (χ3n) is 3.06. The largest absolute Gasteiger partial charge is 0.482 e. The minimum atomic E-state index is -0.973. The van der Waals surface area contributed by atoms with E-state index in [2.05, 4.69) is 36.5 Å². The molecule has 0 amide bonds. The number of carbonyl (C=O) groups is 1. The van der Waals surface area contributed by atoms with E-state index in [1.54, 1.807) is 12.1 Å². The van der Waals surface area contributed by atoms with Gasteiger partial charge in [0, 0.05) is 13.1 Å². The molecule has 0 fully saturated rings. The summed E-state index contributed by atoms with van der Waals surface area (Å²) in [7, 11) is 0. The molecule has 2 N–H and O–H groups in total. The number of carboxylic acids is 1. The summed E-state index contributed by atoms with van der Waals surface area (Å²) in [5.74, 6) is -0.404. The Bertz CT molecular complexity index is 576. The molecule has 0 unspecified atom stereocenters. The molecule has 0 aromatic heterocycles. The second-order valence-electron chi connectivity index (χ2n) is 4.92. The molecule has 0 aliphatic carbocycles. The Kier molecular flexibility index (Phi) is 5.35. The van der Waals surface area contributed by atoms with Gasteiger partial charge in [0.25, 0.3) is 0 Å². The van der Waals surface area contributed by atoms with Gasteiger partial charge in [-0.15, -0.1) is 0 Å². The van der Waals surface area contributed by atoms with E-state index in [1.807, 2.05) is 12.1 Å². The fraction of sp³-hybridized carbons (Fsp3) is 0.235. The molecule has 0 aliphatic heterocycles. The highest BCUT2D eigenvalue weighted by Crippen LogP contribution is 2.12. The zero-order chi connectivity index (χ0) is 15.1. The highest BCUT2D eigenvalue weighted by molar-refractivity contribution is 5.68. The number of ether oxygens (including phenoxy) is 1. The van der Waals surface area contributed by atoms with Crippen molar-refractivity contribution < 1.29 is 14.6 Å². The van der Waals surface area contributed by atoms with Gasteiger partial charge >= 0.3 is 5.97 Å². The first kappa shape index (κ1) is 15.1.